The summed E-state index contributed by atoms with van der Waals surface area (Å²) in [6, 6.07) is 7.58. The Bertz CT molecular complexity index is 999. The first-order chi connectivity index (χ1) is 16.3. The Morgan fingerprint density at radius 1 is 1.38 bits per heavy atom. The van der Waals surface area contributed by atoms with E-state index >= 15 is 0 Å². The van der Waals surface area contributed by atoms with Gasteiger partial charge in [-0.15, -0.1) is 11.8 Å². The Balaban J connectivity index is 1.54. The molecule has 10 heteroatoms. The Kier molecular flexibility index (Phi) is 7.20. The number of ether oxygens (including phenoxy) is 1. The number of carboxylic acid groups (broad SMARTS) is 1. The minimum atomic E-state index is -1.11. The zero-order valence-corrected chi connectivity index (χ0v) is 20.3. The summed E-state index contributed by atoms with van der Waals surface area (Å²) in [6.07, 6.45) is 0.637. The topological polar surface area (TPSA) is 119 Å². The summed E-state index contributed by atoms with van der Waals surface area (Å²) in [4.78, 5) is 40.0. The molecule has 184 valence electrons. The number of carbonyl (C=O) groups excluding carboxylic acids is 2. The first-order valence-electron chi connectivity index (χ1n) is 11.5. The van der Waals surface area contributed by atoms with Gasteiger partial charge in [0.05, 0.1) is 25.2 Å². The van der Waals surface area contributed by atoms with Crippen LogP contribution in [0.5, 0.6) is 5.75 Å². The van der Waals surface area contributed by atoms with Crippen molar-refractivity contribution >= 4 is 30.0 Å². The fourth-order valence-electron chi connectivity index (χ4n) is 5.52. The third-order valence-corrected chi connectivity index (χ3v) is 8.59. The van der Waals surface area contributed by atoms with Crippen LogP contribution in [0.1, 0.15) is 25.8 Å². The maximum atomic E-state index is 12.6. The molecule has 2 fully saturated rings. The predicted molar refractivity (Wildman–Crippen MR) is 127 cm³/mol. The summed E-state index contributed by atoms with van der Waals surface area (Å²) in [6.45, 7) is 5.35. The number of carboxylic acids is 1. The van der Waals surface area contributed by atoms with Gasteiger partial charge in [0.25, 0.3) is 0 Å². The van der Waals surface area contributed by atoms with Crippen LogP contribution in [-0.2, 0) is 20.9 Å². The first-order valence-corrected chi connectivity index (χ1v) is 12.3. The lowest BCUT2D eigenvalue weighted by atomic mass is 9.79. The number of nitrogens with one attached hydrogen (secondary N) is 1. The molecule has 3 aliphatic heterocycles. The number of rotatable bonds is 10. The van der Waals surface area contributed by atoms with Crippen molar-refractivity contribution in [2.45, 2.75) is 50.3 Å². The number of fused-ring (bicyclic) bond motifs is 1. The highest BCUT2D eigenvalue weighted by molar-refractivity contribution is 8.03. The summed E-state index contributed by atoms with van der Waals surface area (Å²) in [7, 11) is 1.64. The largest absolute Gasteiger partial charge is 0.496 e. The maximum Gasteiger partial charge on any atom is 0.353 e. The third-order valence-electron chi connectivity index (χ3n) is 7.10. The summed E-state index contributed by atoms with van der Waals surface area (Å²) >= 11 is 1.52. The van der Waals surface area contributed by atoms with Gasteiger partial charge in [0.1, 0.15) is 11.4 Å². The first kappa shape index (κ1) is 24.6. The number of aliphatic hydroxyl groups is 1. The molecule has 4 rings (SSSR count). The number of aliphatic hydroxyl groups excluding tert-OH is 1. The summed E-state index contributed by atoms with van der Waals surface area (Å²) < 4.78 is 5.50. The molecule has 9 nitrogen and oxygen atoms in total. The highest BCUT2D eigenvalue weighted by Gasteiger charge is 2.60. The van der Waals surface area contributed by atoms with Gasteiger partial charge in [-0.3, -0.25) is 14.5 Å². The van der Waals surface area contributed by atoms with Crippen molar-refractivity contribution < 1.29 is 29.3 Å². The normalized spacial score (nSPS) is 29.6. The van der Waals surface area contributed by atoms with Gasteiger partial charge in [-0.2, -0.15) is 0 Å². The number of hydrogen-bond acceptors (Lipinski definition) is 7. The Labute approximate surface area is 203 Å². The zero-order chi connectivity index (χ0) is 24.6. The molecule has 3 N–H and O–H groups in total. The Morgan fingerprint density at radius 3 is 2.76 bits per heavy atom. The molecular weight excluding hydrogens is 458 g/mol. The van der Waals surface area contributed by atoms with Crippen molar-refractivity contribution in [3.8, 4) is 5.75 Å². The molecular formula is C24H31N3O6S. The average Bonchev–Trinajstić information content (AvgIpc) is 3.28. The molecule has 0 aromatic heterocycles. The van der Waals surface area contributed by atoms with Crippen LogP contribution in [0.3, 0.4) is 0 Å². The van der Waals surface area contributed by atoms with E-state index in [1.165, 1.54) is 16.7 Å². The Hall–Kier alpha value is -2.56. The van der Waals surface area contributed by atoms with E-state index in [1.54, 1.807) is 14.0 Å². The number of β-lactam (4-membered cyclic amide) rings is 1. The number of nitrogens with zero attached hydrogens (tertiary/aromatic N) is 2. The van der Waals surface area contributed by atoms with E-state index in [-0.39, 0.29) is 34.9 Å². The van der Waals surface area contributed by atoms with Crippen molar-refractivity contribution in [2.24, 2.45) is 11.8 Å². The van der Waals surface area contributed by atoms with Crippen LogP contribution in [0.15, 0.2) is 34.9 Å². The minimum Gasteiger partial charge on any atom is -0.496 e. The molecule has 34 heavy (non-hydrogen) atoms. The number of benzene rings is 1. The summed E-state index contributed by atoms with van der Waals surface area (Å²) in [5.41, 5.74) is 1.09. The average molecular weight is 490 g/mol. The second-order valence-electron chi connectivity index (χ2n) is 9.17. The fraction of sp³-hybridized carbons (Fsp3) is 0.542. The van der Waals surface area contributed by atoms with Crippen LogP contribution in [-0.4, -0.2) is 81.9 Å². The summed E-state index contributed by atoms with van der Waals surface area (Å²) in [5.74, 6) is -1.37. The van der Waals surface area contributed by atoms with Gasteiger partial charge < -0.3 is 25.2 Å². The second-order valence-corrected chi connectivity index (χ2v) is 10.5. The van der Waals surface area contributed by atoms with Gasteiger partial charge in [-0.05, 0) is 19.4 Å². The number of para-hydroxylation sites is 1. The SMILES string of the molecule is COc1ccccc1CN1CC(SC2=C(C(=O)O)N3C(=O)C(C(C)O)C3C2C)CC1CNC=O. The number of methoxy groups -OCH3 is 1. The molecule has 0 radical (unpaired) electrons. The highest BCUT2D eigenvalue weighted by atomic mass is 32.2. The smallest absolute Gasteiger partial charge is 0.353 e. The lowest BCUT2D eigenvalue weighted by Gasteiger charge is -2.46. The molecule has 0 aliphatic carbocycles. The number of aliphatic carboxylic acids is 1. The van der Waals surface area contributed by atoms with Gasteiger partial charge in [-0.25, -0.2) is 4.79 Å². The van der Waals surface area contributed by atoms with Crippen LogP contribution in [0.4, 0.5) is 0 Å². The lowest BCUT2D eigenvalue weighted by Crippen LogP contribution is -2.63. The van der Waals surface area contributed by atoms with E-state index < -0.39 is 18.0 Å². The maximum absolute atomic E-state index is 12.6. The number of amides is 2. The number of carbonyl (C=O) groups is 3. The van der Waals surface area contributed by atoms with Crippen LogP contribution >= 0.6 is 11.8 Å². The number of thioether (sulfide) groups is 1. The lowest BCUT2D eigenvalue weighted by molar-refractivity contribution is -0.163. The van der Waals surface area contributed by atoms with Crippen LogP contribution < -0.4 is 10.1 Å². The molecule has 0 saturated carbocycles. The molecule has 0 bridgehead atoms. The summed E-state index contributed by atoms with van der Waals surface area (Å²) in [5, 5.41) is 22.9. The van der Waals surface area contributed by atoms with Crippen molar-refractivity contribution in [1.29, 1.82) is 0 Å². The second kappa shape index (κ2) is 9.97. The van der Waals surface area contributed by atoms with Gasteiger partial charge in [0.2, 0.25) is 12.3 Å². The molecule has 0 spiro atoms. The van der Waals surface area contributed by atoms with E-state index in [9.17, 15) is 24.6 Å². The monoisotopic (exact) mass is 489 g/mol. The molecule has 3 aliphatic rings. The fourth-order valence-corrected chi connectivity index (χ4v) is 7.12. The quantitative estimate of drug-likeness (QED) is 0.332. The van der Waals surface area contributed by atoms with E-state index in [2.05, 4.69) is 10.2 Å². The molecule has 6 atom stereocenters. The van der Waals surface area contributed by atoms with Crippen molar-refractivity contribution in [1.82, 2.24) is 15.1 Å². The van der Waals surface area contributed by atoms with Crippen molar-refractivity contribution in [3.63, 3.8) is 0 Å². The van der Waals surface area contributed by atoms with Crippen LogP contribution in [0, 0.1) is 11.8 Å². The molecule has 6 unspecified atom stereocenters. The van der Waals surface area contributed by atoms with Crippen LogP contribution in [0.25, 0.3) is 0 Å². The number of hydrogen-bond donors (Lipinski definition) is 3. The Morgan fingerprint density at radius 2 is 2.12 bits per heavy atom. The highest BCUT2D eigenvalue weighted by Crippen LogP contribution is 2.52. The zero-order valence-electron chi connectivity index (χ0n) is 19.5. The predicted octanol–water partition coefficient (Wildman–Crippen LogP) is 1.27. The third kappa shape index (κ3) is 4.30. The minimum absolute atomic E-state index is 0.0511. The molecule has 2 amide bonds. The van der Waals surface area contributed by atoms with Gasteiger partial charge >= 0.3 is 5.97 Å². The van der Waals surface area contributed by atoms with Gasteiger partial charge in [-0.1, -0.05) is 25.1 Å². The van der Waals surface area contributed by atoms with Gasteiger partial charge in [0.15, 0.2) is 0 Å². The molecule has 1 aromatic rings. The molecule has 3 heterocycles. The van der Waals surface area contributed by atoms with E-state index in [0.29, 0.717) is 30.9 Å². The van der Waals surface area contributed by atoms with E-state index in [1.807, 2.05) is 31.2 Å². The van der Waals surface area contributed by atoms with Gasteiger partial charge in [0, 0.05) is 47.3 Å². The molecule has 2 saturated heterocycles. The van der Waals surface area contributed by atoms with E-state index in [4.69, 9.17) is 4.74 Å². The number of likely N-dealkylation sites (tertiary alicyclic amines) is 1. The standard InChI is InChI=1S/C24H31N3O6S/c1-13-20-19(14(2)29)23(30)27(20)21(24(31)32)22(13)34-17-8-16(9-25-12-28)26(11-17)10-15-6-4-5-7-18(15)33-3/h4-7,12-14,16-17,19-20,29H,8-11H2,1-3H3,(H,25,28)(H,31,32). The van der Waals surface area contributed by atoms with E-state index in [0.717, 1.165) is 17.7 Å². The van der Waals surface area contributed by atoms with Crippen LogP contribution in [0.2, 0.25) is 0 Å². The van der Waals surface area contributed by atoms with Crippen molar-refractivity contribution in [2.75, 3.05) is 20.2 Å². The molecule has 1 aromatic carbocycles. The van der Waals surface area contributed by atoms with Crippen molar-refractivity contribution in [3.05, 3.63) is 40.4 Å².